The van der Waals surface area contributed by atoms with Crippen LogP contribution in [-0.2, 0) is 17.6 Å². The first-order valence-corrected chi connectivity index (χ1v) is 13.9. The van der Waals surface area contributed by atoms with Gasteiger partial charge in [0.05, 0.1) is 24.8 Å². The van der Waals surface area contributed by atoms with Crippen molar-refractivity contribution in [2.24, 2.45) is 0 Å². The molecule has 1 aliphatic heterocycles. The van der Waals surface area contributed by atoms with Crippen LogP contribution in [0.1, 0.15) is 64.7 Å². The number of nitriles is 1. The van der Waals surface area contributed by atoms with Gasteiger partial charge in [-0.1, -0.05) is 12.1 Å². The van der Waals surface area contributed by atoms with E-state index in [0.717, 1.165) is 88.2 Å². The van der Waals surface area contributed by atoms with Gasteiger partial charge in [0, 0.05) is 50.7 Å². The number of likely N-dealkylation sites (N-methyl/N-ethyl adjacent to an activating group) is 2. The number of morpholine rings is 1. The number of rotatable bonds is 10. The lowest BCUT2D eigenvalue weighted by atomic mass is 9.86. The second-order valence-corrected chi connectivity index (χ2v) is 11.0. The summed E-state index contributed by atoms with van der Waals surface area (Å²) in [5, 5.41) is 9.55. The van der Waals surface area contributed by atoms with Crippen molar-refractivity contribution in [3.63, 3.8) is 0 Å². The standard InChI is InChI=1S/C31H41FN4O2/c1-23(36-14-16-38-17-15-36)21-34(2)13-12-27(25-8-10-28(32)11-9-25)22-35(3)31(37)30-19-24(20-33)18-26-6-4-5-7-29(26)30/h8-11,18-19,23,27H,4-7,12-17,21-22H2,1-3H3/t23?,27-/m1/s1. The molecule has 1 heterocycles. The Labute approximate surface area is 227 Å². The first kappa shape index (κ1) is 28.2. The van der Waals surface area contributed by atoms with Gasteiger partial charge >= 0.3 is 0 Å². The predicted octanol–water partition coefficient (Wildman–Crippen LogP) is 4.47. The Kier molecular flexibility index (Phi) is 9.90. The van der Waals surface area contributed by atoms with Crippen LogP contribution < -0.4 is 0 Å². The van der Waals surface area contributed by atoms with Crippen molar-refractivity contribution < 1.29 is 13.9 Å². The first-order chi connectivity index (χ1) is 18.4. The zero-order valence-corrected chi connectivity index (χ0v) is 23.1. The van der Waals surface area contributed by atoms with E-state index < -0.39 is 0 Å². The van der Waals surface area contributed by atoms with Gasteiger partial charge in [0.25, 0.3) is 5.91 Å². The van der Waals surface area contributed by atoms with Gasteiger partial charge in [0.1, 0.15) is 5.82 Å². The first-order valence-electron chi connectivity index (χ1n) is 13.9. The highest BCUT2D eigenvalue weighted by Crippen LogP contribution is 2.28. The van der Waals surface area contributed by atoms with Crippen molar-refractivity contribution in [2.45, 2.75) is 51.0 Å². The third-order valence-corrected chi connectivity index (χ3v) is 8.11. The monoisotopic (exact) mass is 520 g/mol. The maximum atomic E-state index is 13.7. The van der Waals surface area contributed by atoms with E-state index in [1.165, 1.54) is 12.1 Å². The molecule has 6 nitrogen and oxygen atoms in total. The molecular weight excluding hydrogens is 479 g/mol. The minimum atomic E-state index is -0.256. The summed E-state index contributed by atoms with van der Waals surface area (Å²) in [6.07, 6.45) is 4.81. The van der Waals surface area contributed by atoms with Gasteiger partial charge in [-0.05, 0) is 93.6 Å². The number of halogens is 1. The number of hydrogen-bond donors (Lipinski definition) is 0. The van der Waals surface area contributed by atoms with E-state index in [2.05, 4.69) is 29.8 Å². The van der Waals surface area contributed by atoms with Crippen molar-refractivity contribution in [1.82, 2.24) is 14.7 Å². The molecule has 2 atom stereocenters. The summed E-state index contributed by atoms with van der Waals surface area (Å²) >= 11 is 0. The quantitative estimate of drug-likeness (QED) is 0.463. The number of fused-ring (bicyclic) bond motifs is 1. The molecule has 0 spiro atoms. The van der Waals surface area contributed by atoms with Crippen LogP contribution in [0.3, 0.4) is 0 Å². The molecule has 4 rings (SSSR count). The van der Waals surface area contributed by atoms with Crippen LogP contribution in [-0.4, -0.2) is 86.7 Å². The number of hydrogen-bond acceptors (Lipinski definition) is 5. The maximum Gasteiger partial charge on any atom is 0.253 e. The van der Waals surface area contributed by atoms with E-state index in [0.29, 0.717) is 23.7 Å². The van der Waals surface area contributed by atoms with Gasteiger partial charge in [-0.3, -0.25) is 9.69 Å². The molecule has 0 N–H and O–H groups in total. The largest absolute Gasteiger partial charge is 0.379 e. The molecule has 0 bridgehead atoms. The summed E-state index contributed by atoms with van der Waals surface area (Å²) < 4.78 is 19.2. The average Bonchev–Trinajstić information content (AvgIpc) is 2.95. The lowest BCUT2D eigenvalue weighted by Gasteiger charge is -2.35. The smallest absolute Gasteiger partial charge is 0.253 e. The van der Waals surface area contributed by atoms with E-state index in [4.69, 9.17) is 4.74 Å². The van der Waals surface area contributed by atoms with Crippen molar-refractivity contribution in [3.05, 3.63) is 70.0 Å². The second-order valence-electron chi connectivity index (χ2n) is 11.0. The minimum absolute atomic E-state index is 0.0401. The van der Waals surface area contributed by atoms with E-state index in [1.807, 2.05) is 25.2 Å². The number of ether oxygens (including phenoxy) is 1. The molecule has 38 heavy (non-hydrogen) atoms. The Morgan fingerprint density at radius 1 is 1.11 bits per heavy atom. The second kappa shape index (κ2) is 13.3. The van der Waals surface area contributed by atoms with Gasteiger partial charge < -0.3 is 14.5 Å². The molecule has 1 amide bonds. The molecule has 7 heteroatoms. The van der Waals surface area contributed by atoms with Crippen LogP contribution in [0.15, 0.2) is 36.4 Å². The van der Waals surface area contributed by atoms with E-state index in [1.54, 1.807) is 11.0 Å². The molecule has 204 valence electrons. The van der Waals surface area contributed by atoms with E-state index >= 15 is 0 Å². The highest BCUT2D eigenvalue weighted by molar-refractivity contribution is 5.96. The number of aryl methyl sites for hydroxylation is 1. The molecule has 2 aliphatic rings. The number of nitrogens with zero attached hydrogens (tertiary/aromatic N) is 4. The molecule has 1 aliphatic carbocycles. The van der Waals surface area contributed by atoms with Crippen LogP contribution in [0.2, 0.25) is 0 Å². The van der Waals surface area contributed by atoms with Gasteiger partial charge in [-0.15, -0.1) is 0 Å². The maximum absolute atomic E-state index is 13.7. The normalized spacial score (nSPS) is 17.5. The van der Waals surface area contributed by atoms with E-state index in [-0.39, 0.29) is 17.6 Å². The number of carbonyl (C=O) groups is 1. The Balaban J connectivity index is 1.46. The summed E-state index contributed by atoms with van der Waals surface area (Å²) in [6, 6.07) is 13.1. The van der Waals surface area contributed by atoms with Crippen LogP contribution in [0, 0.1) is 17.1 Å². The molecule has 0 radical (unpaired) electrons. The third kappa shape index (κ3) is 7.19. The number of amides is 1. The van der Waals surface area contributed by atoms with Crippen molar-refractivity contribution >= 4 is 5.91 Å². The summed E-state index contributed by atoms with van der Waals surface area (Å²) in [7, 11) is 3.99. The summed E-state index contributed by atoms with van der Waals surface area (Å²) in [5.41, 5.74) is 4.48. The molecular formula is C31H41FN4O2. The lowest BCUT2D eigenvalue weighted by Crippen LogP contribution is -2.47. The topological polar surface area (TPSA) is 59.8 Å². The lowest BCUT2D eigenvalue weighted by molar-refractivity contribution is 0.0140. The molecule has 1 fully saturated rings. The Hall–Kier alpha value is -2.79. The Morgan fingerprint density at radius 2 is 1.82 bits per heavy atom. The fourth-order valence-corrected chi connectivity index (χ4v) is 5.89. The van der Waals surface area contributed by atoms with Gasteiger partial charge in [-0.25, -0.2) is 4.39 Å². The molecule has 1 unspecified atom stereocenters. The zero-order valence-electron chi connectivity index (χ0n) is 23.1. The number of carbonyl (C=O) groups excluding carboxylic acids is 1. The van der Waals surface area contributed by atoms with Crippen LogP contribution in [0.5, 0.6) is 0 Å². The van der Waals surface area contributed by atoms with E-state index in [9.17, 15) is 14.4 Å². The molecule has 1 saturated heterocycles. The molecule has 2 aromatic carbocycles. The van der Waals surface area contributed by atoms with Gasteiger partial charge in [-0.2, -0.15) is 5.26 Å². The fraction of sp³-hybridized carbons (Fsp3) is 0.548. The number of benzene rings is 2. The molecule has 2 aromatic rings. The highest BCUT2D eigenvalue weighted by atomic mass is 19.1. The molecule has 0 aromatic heterocycles. The van der Waals surface area contributed by atoms with Gasteiger partial charge in [0.15, 0.2) is 0 Å². The third-order valence-electron chi connectivity index (χ3n) is 8.11. The van der Waals surface area contributed by atoms with Crippen molar-refractivity contribution in [3.8, 4) is 6.07 Å². The van der Waals surface area contributed by atoms with Crippen molar-refractivity contribution in [2.75, 3.05) is 60.0 Å². The van der Waals surface area contributed by atoms with Crippen LogP contribution in [0.4, 0.5) is 4.39 Å². The Bertz CT molecular complexity index is 1120. The fourth-order valence-electron chi connectivity index (χ4n) is 5.89. The SMILES string of the molecule is CC(CN(C)CC[C@H](CN(C)C(=O)c1cc(C#N)cc2c1CCCC2)c1ccc(F)cc1)N1CCOCC1. The molecule has 0 saturated carbocycles. The highest BCUT2D eigenvalue weighted by Gasteiger charge is 2.25. The van der Waals surface area contributed by atoms with Crippen LogP contribution in [0.25, 0.3) is 0 Å². The van der Waals surface area contributed by atoms with Gasteiger partial charge in [0.2, 0.25) is 0 Å². The summed E-state index contributed by atoms with van der Waals surface area (Å²) in [6.45, 7) is 8.15. The van der Waals surface area contributed by atoms with Crippen LogP contribution >= 0.6 is 0 Å². The zero-order chi connectivity index (χ0) is 27.1. The average molecular weight is 521 g/mol. The van der Waals surface area contributed by atoms with Crippen molar-refractivity contribution in [1.29, 1.82) is 5.26 Å². The Morgan fingerprint density at radius 3 is 2.53 bits per heavy atom. The predicted molar refractivity (Wildman–Crippen MR) is 148 cm³/mol. The summed E-state index contributed by atoms with van der Waals surface area (Å²) in [5.74, 6) is -0.226. The summed E-state index contributed by atoms with van der Waals surface area (Å²) in [4.78, 5) is 20.3. The minimum Gasteiger partial charge on any atom is -0.379 e.